The van der Waals surface area contributed by atoms with Crippen LogP contribution in [0.15, 0.2) is 54.2 Å². The topological polar surface area (TPSA) is 69.6 Å². The Kier molecular flexibility index (Phi) is 3.84. The number of carbonyl (C=O) groups is 2. The highest BCUT2D eigenvalue weighted by molar-refractivity contribution is 14.1. The second kappa shape index (κ2) is 5.80. The Morgan fingerprint density at radius 1 is 1.09 bits per heavy atom. The number of benzene rings is 2. The van der Waals surface area contributed by atoms with Gasteiger partial charge in [0.1, 0.15) is 11.4 Å². The number of aromatic hydroxyl groups is 1. The second-order valence-corrected chi connectivity index (χ2v) is 5.95. The summed E-state index contributed by atoms with van der Waals surface area (Å²) in [5.74, 6) is -0.260. The van der Waals surface area contributed by atoms with Crippen LogP contribution >= 0.6 is 22.6 Å². The largest absolute Gasteiger partial charge is 0.508 e. The van der Waals surface area contributed by atoms with Crippen LogP contribution in [-0.4, -0.2) is 17.0 Å². The molecule has 1 aliphatic heterocycles. The van der Waals surface area contributed by atoms with Crippen molar-refractivity contribution in [2.24, 2.45) is 0 Å². The molecule has 0 aromatic heterocycles. The Morgan fingerprint density at radius 3 is 2.50 bits per heavy atom. The molecule has 110 valence electrons. The smallest absolute Gasteiger partial charge is 0.333 e. The van der Waals surface area contributed by atoms with E-state index in [9.17, 15) is 14.7 Å². The first-order chi connectivity index (χ1) is 10.5. The summed E-state index contributed by atoms with van der Waals surface area (Å²) in [6.45, 7) is 0. The molecule has 1 aliphatic rings. The molecule has 0 radical (unpaired) electrons. The van der Waals surface area contributed by atoms with Gasteiger partial charge in [0, 0.05) is 3.57 Å². The average Bonchev–Trinajstić information content (AvgIpc) is 2.76. The fourth-order valence-corrected chi connectivity index (χ4v) is 2.65. The van der Waals surface area contributed by atoms with Gasteiger partial charge in [-0.05, 0) is 64.6 Å². The van der Waals surface area contributed by atoms with Crippen LogP contribution in [0.2, 0.25) is 0 Å². The van der Waals surface area contributed by atoms with Crippen LogP contribution in [0.1, 0.15) is 5.56 Å². The monoisotopic (exact) mass is 406 g/mol. The van der Waals surface area contributed by atoms with Crippen LogP contribution in [0, 0.1) is 3.57 Å². The first-order valence-electron chi connectivity index (χ1n) is 6.46. The van der Waals surface area contributed by atoms with E-state index >= 15 is 0 Å². The average molecular weight is 406 g/mol. The van der Waals surface area contributed by atoms with Gasteiger partial charge in [-0.1, -0.05) is 18.2 Å². The fraction of sp³-hybridized carbons (Fsp3) is 0. The van der Waals surface area contributed by atoms with Crippen LogP contribution in [0.3, 0.4) is 0 Å². The molecule has 1 heterocycles. The molecular weight excluding hydrogens is 395 g/mol. The first-order valence-corrected chi connectivity index (χ1v) is 7.54. The predicted octanol–water partition coefficient (Wildman–Crippen LogP) is 3.09. The van der Waals surface area contributed by atoms with E-state index in [1.807, 2.05) is 6.07 Å². The molecule has 3 amide bonds. The highest BCUT2D eigenvalue weighted by Gasteiger charge is 2.34. The Labute approximate surface area is 140 Å². The number of phenolic OH excluding ortho intramolecular Hbond substituents is 1. The van der Waals surface area contributed by atoms with E-state index < -0.39 is 11.9 Å². The normalized spacial score (nSPS) is 16.2. The summed E-state index contributed by atoms with van der Waals surface area (Å²) >= 11 is 2.12. The van der Waals surface area contributed by atoms with E-state index in [4.69, 9.17) is 0 Å². The molecule has 2 aromatic carbocycles. The van der Waals surface area contributed by atoms with Gasteiger partial charge in [0.2, 0.25) is 0 Å². The number of halogens is 1. The van der Waals surface area contributed by atoms with Crippen molar-refractivity contribution in [2.45, 2.75) is 0 Å². The second-order valence-electron chi connectivity index (χ2n) is 4.70. The lowest BCUT2D eigenvalue weighted by molar-refractivity contribution is -0.113. The van der Waals surface area contributed by atoms with Crippen LogP contribution in [0.25, 0.3) is 6.08 Å². The minimum absolute atomic E-state index is 0.143. The highest BCUT2D eigenvalue weighted by Crippen LogP contribution is 2.24. The summed E-state index contributed by atoms with van der Waals surface area (Å²) in [7, 11) is 0. The zero-order valence-electron chi connectivity index (χ0n) is 11.3. The lowest BCUT2D eigenvalue weighted by Crippen LogP contribution is -2.30. The lowest BCUT2D eigenvalue weighted by atomic mass is 10.2. The quantitative estimate of drug-likeness (QED) is 0.458. The van der Waals surface area contributed by atoms with Crippen molar-refractivity contribution in [3.8, 4) is 5.75 Å². The van der Waals surface area contributed by atoms with Crippen molar-refractivity contribution in [3.63, 3.8) is 0 Å². The number of nitrogens with zero attached hydrogens (tertiary/aromatic N) is 1. The number of phenols is 1. The molecule has 22 heavy (non-hydrogen) atoms. The van der Waals surface area contributed by atoms with Crippen LogP contribution < -0.4 is 10.2 Å². The van der Waals surface area contributed by atoms with Crippen LogP contribution in [0.5, 0.6) is 5.75 Å². The summed E-state index contributed by atoms with van der Waals surface area (Å²) in [6, 6.07) is 13.0. The number of carbonyl (C=O) groups excluding carboxylic acids is 2. The number of urea groups is 1. The zero-order chi connectivity index (χ0) is 15.7. The third-order valence-corrected chi connectivity index (χ3v) is 3.82. The van der Waals surface area contributed by atoms with Gasteiger partial charge in [-0.25, -0.2) is 9.69 Å². The standard InChI is InChI=1S/C16H11IN2O3/c17-11-2-1-3-12(9-11)19-15(21)14(18-16(19)22)8-10-4-6-13(20)7-5-10/h1-9,20H,(H,18,22)/b14-8-. The number of nitrogens with one attached hydrogen (secondary N) is 1. The predicted molar refractivity (Wildman–Crippen MR) is 91.3 cm³/mol. The summed E-state index contributed by atoms with van der Waals surface area (Å²) in [5, 5.41) is 11.8. The van der Waals surface area contributed by atoms with Gasteiger partial charge < -0.3 is 10.4 Å². The molecule has 0 atom stereocenters. The SMILES string of the molecule is O=C1N/C(=C\c2ccc(O)cc2)C(=O)N1c1cccc(I)c1. The van der Waals surface area contributed by atoms with Gasteiger partial charge in [-0.15, -0.1) is 0 Å². The molecule has 0 aliphatic carbocycles. The fourth-order valence-electron chi connectivity index (χ4n) is 2.12. The maximum atomic E-state index is 12.4. The molecule has 6 heteroatoms. The summed E-state index contributed by atoms with van der Waals surface area (Å²) in [4.78, 5) is 25.6. The molecule has 3 rings (SSSR count). The van der Waals surface area contributed by atoms with Gasteiger partial charge in [0.25, 0.3) is 5.91 Å². The molecule has 1 saturated heterocycles. The number of imide groups is 1. The van der Waals surface area contributed by atoms with Crippen molar-refractivity contribution >= 4 is 46.3 Å². The minimum atomic E-state index is -0.475. The van der Waals surface area contributed by atoms with Crippen LogP contribution in [-0.2, 0) is 4.79 Å². The molecular formula is C16H11IN2O3. The molecule has 1 fully saturated rings. The van der Waals surface area contributed by atoms with E-state index in [1.54, 1.807) is 36.4 Å². The van der Waals surface area contributed by atoms with Crippen molar-refractivity contribution in [2.75, 3.05) is 4.90 Å². The summed E-state index contributed by atoms with van der Waals surface area (Å²) < 4.78 is 0.937. The lowest BCUT2D eigenvalue weighted by Gasteiger charge is -2.11. The molecule has 0 bridgehead atoms. The van der Waals surface area contributed by atoms with E-state index in [0.29, 0.717) is 11.3 Å². The number of anilines is 1. The van der Waals surface area contributed by atoms with Crippen molar-refractivity contribution in [3.05, 3.63) is 63.4 Å². The minimum Gasteiger partial charge on any atom is -0.508 e. The number of rotatable bonds is 2. The highest BCUT2D eigenvalue weighted by atomic mass is 127. The van der Waals surface area contributed by atoms with Gasteiger partial charge in [0.05, 0.1) is 5.69 Å². The number of hydrogen-bond acceptors (Lipinski definition) is 3. The maximum absolute atomic E-state index is 12.4. The van der Waals surface area contributed by atoms with Crippen molar-refractivity contribution in [1.82, 2.24) is 5.32 Å². The third-order valence-electron chi connectivity index (χ3n) is 3.15. The number of hydrogen-bond donors (Lipinski definition) is 2. The molecule has 0 spiro atoms. The number of amides is 3. The molecule has 5 nitrogen and oxygen atoms in total. The van der Waals surface area contributed by atoms with Crippen molar-refractivity contribution < 1.29 is 14.7 Å². The third kappa shape index (κ3) is 2.82. The van der Waals surface area contributed by atoms with Crippen molar-refractivity contribution in [1.29, 1.82) is 0 Å². The van der Waals surface area contributed by atoms with E-state index in [0.717, 1.165) is 8.47 Å². The molecule has 2 N–H and O–H groups in total. The molecule has 2 aromatic rings. The van der Waals surface area contributed by atoms with E-state index in [1.165, 1.54) is 12.1 Å². The molecule has 0 saturated carbocycles. The first kappa shape index (κ1) is 14.6. The van der Waals surface area contributed by atoms with Crippen LogP contribution in [0.4, 0.5) is 10.5 Å². The van der Waals surface area contributed by atoms with E-state index in [-0.39, 0.29) is 11.4 Å². The molecule has 0 unspecified atom stereocenters. The van der Waals surface area contributed by atoms with Gasteiger partial charge in [-0.3, -0.25) is 4.79 Å². The Balaban J connectivity index is 1.93. The zero-order valence-corrected chi connectivity index (χ0v) is 13.4. The Hall–Kier alpha value is -2.35. The van der Waals surface area contributed by atoms with Gasteiger partial charge in [0.15, 0.2) is 0 Å². The summed E-state index contributed by atoms with van der Waals surface area (Å²) in [6.07, 6.45) is 1.58. The van der Waals surface area contributed by atoms with E-state index in [2.05, 4.69) is 27.9 Å². The maximum Gasteiger partial charge on any atom is 0.333 e. The van der Waals surface area contributed by atoms with Gasteiger partial charge in [-0.2, -0.15) is 0 Å². The Bertz CT molecular complexity index is 784. The van der Waals surface area contributed by atoms with Gasteiger partial charge >= 0.3 is 6.03 Å². The Morgan fingerprint density at radius 2 is 1.82 bits per heavy atom. The summed E-state index contributed by atoms with van der Waals surface area (Å²) in [5.41, 5.74) is 1.45.